The summed E-state index contributed by atoms with van der Waals surface area (Å²) in [5.41, 5.74) is -0.160. The van der Waals surface area contributed by atoms with Crippen LogP contribution in [0.4, 0.5) is 15.8 Å². The second-order valence-corrected chi connectivity index (χ2v) is 4.29. The van der Waals surface area contributed by atoms with Crippen molar-refractivity contribution in [2.24, 2.45) is 0 Å². The quantitative estimate of drug-likeness (QED) is 0.671. The number of halogens is 1. The summed E-state index contributed by atoms with van der Waals surface area (Å²) in [7, 11) is 1.32. The third kappa shape index (κ3) is 3.11. The highest BCUT2D eigenvalue weighted by atomic mass is 19.1. The first kappa shape index (κ1) is 13.5. The highest BCUT2D eigenvalue weighted by Crippen LogP contribution is 2.33. The SMILES string of the molecule is COc1cc(NC2CCOCC2)c(F)cc1[N+](=O)[O-]. The number of anilines is 1. The van der Waals surface area contributed by atoms with Crippen molar-refractivity contribution in [1.82, 2.24) is 0 Å². The maximum absolute atomic E-state index is 13.8. The molecule has 1 N–H and O–H groups in total. The minimum Gasteiger partial charge on any atom is -0.490 e. The van der Waals surface area contributed by atoms with Crippen LogP contribution in [0.15, 0.2) is 12.1 Å². The third-order valence-corrected chi connectivity index (χ3v) is 3.05. The standard InChI is InChI=1S/C12H15FN2O4/c1-18-12-7-10(9(13)6-11(12)15(16)17)14-8-2-4-19-5-3-8/h6-8,14H,2-5H2,1H3. The lowest BCUT2D eigenvalue weighted by molar-refractivity contribution is -0.385. The Morgan fingerprint density at radius 3 is 2.74 bits per heavy atom. The molecule has 0 saturated carbocycles. The predicted octanol–water partition coefficient (Wildman–Crippen LogP) is 2.33. The largest absolute Gasteiger partial charge is 0.490 e. The van der Waals surface area contributed by atoms with Gasteiger partial charge >= 0.3 is 5.69 Å². The number of rotatable bonds is 4. The molecule has 104 valence electrons. The number of hydrogen-bond donors (Lipinski definition) is 1. The lowest BCUT2D eigenvalue weighted by atomic mass is 10.1. The molecule has 1 aliphatic heterocycles. The lowest BCUT2D eigenvalue weighted by Crippen LogP contribution is -2.28. The van der Waals surface area contributed by atoms with Crippen LogP contribution in [0.5, 0.6) is 5.75 Å². The van der Waals surface area contributed by atoms with E-state index >= 15 is 0 Å². The summed E-state index contributed by atoms with van der Waals surface area (Å²) in [4.78, 5) is 10.1. The van der Waals surface area contributed by atoms with Gasteiger partial charge in [0, 0.05) is 25.3 Å². The van der Waals surface area contributed by atoms with Crippen molar-refractivity contribution in [2.75, 3.05) is 25.6 Å². The van der Waals surface area contributed by atoms with Gasteiger partial charge in [-0.3, -0.25) is 10.1 Å². The van der Waals surface area contributed by atoms with E-state index in [4.69, 9.17) is 9.47 Å². The number of nitro groups is 1. The van der Waals surface area contributed by atoms with Crippen molar-refractivity contribution >= 4 is 11.4 Å². The Morgan fingerprint density at radius 1 is 1.47 bits per heavy atom. The average molecular weight is 270 g/mol. The first-order valence-corrected chi connectivity index (χ1v) is 5.98. The van der Waals surface area contributed by atoms with Crippen LogP contribution in [-0.2, 0) is 4.74 Å². The van der Waals surface area contributed by atoms with Gasteiger partial charge in [0.25, 0.3) is 0 Å². The molecule has 0 amide bonds. The first-order chi connectivity index (χ1) is 9.11. The molecule has 0 aromatic heterocycles. The Bertz CT molecular complexity index is 475. The second-order valence-electron chi connectivity index (χ2n) is 4.29. The van der Waals surface area contributed by atoms with Crippen LogP contribution in [-0.4, -0.2) is 31.3 Å². The Kier molecular flexibility index (Phi) is 4.16. The van der Waals surface area contributed by atoms with Crippen molar-refractivity contribution in [3.63, 3.8) is 0 Å². The minimum absolute atomic E-state index is 0.0426. The monoisotopic (exact) mass is 270 g/mol. The number of hydrogen-bond acceptors (Lipinski definition) is 5. The Morgan fingerprint density at radius 2 is 2.16 bits per heavy atom. The molecule has 1 fully saturated rings. The van der Waals surface area contributed by atoms with Crippen LogP contribution in [0.25, 0.3) is 0 Å². The maximum Gasteiger partial charge on any atom is 0.313 e. The summed E-state index contributed by atoms with van der Waals surface area (Å²) in [6, 6.07) is 2.30. The molecular weight excluding hydrogens is 255 g/mol. The van der Waals surface area contributed by atoms with E-state index in [9.17, 15) is 14.5 Å². The molecule has 0 unspecified atom stereocenters. The molecule has 1 aliphatic rings. The highest BCUT2D eigenvalue weighted by molar-refractivity contribution is 5.59. The van der Waals surface area contributed by atoms with E-state index < -0.39 is 10.7 Å². The fourth-order valence-electron chi connectivity index (χ4n) is 2.02. The summed E-state index contributed by atoms with van der Waals surface area (Å²) in [5, 5.41) is 13.8. The molecule has 7 heteroatoms. The minimum atomic E-state index is -0.667. The van der Waals surface area contributed by atoms with Crippen molar-refractivity contribution in [3.8, 4) is 5.75 Å². The highest BCUT2D eigenvalue weighted by Gasteiger charge is 2.21. The van der Waals surface area contributed by atoms with E-state index in [1.54, 1.807) is 0 Å². The van der Waals surface area contributed by atoms with E-state index in [0.29, 0.717) is 13.2 Å². The van der Waals surface area contributed by atoms with Crippen molar-refractivity contribution in [1.29, 1.82) is 0 Å². The summed E-state index contributed by atoms with van der Waals surface area (Å²) in [5.74, 6) is -0.611. The zero-order chi connectivity index (χ0) is 13.8. The summed E-state index contributed by atoms with van der Waals surface area (Å²) < 4.78 is 24.0. The Balaban J connectivity index is 2.22. The molecule has 1 aromatic carbocycles. The maximum atomic E-state index is 13.8. The lowest BCUT2D eigenvalue weighted by Gasteiger charge is -2.24. The number of benzene rings is 1. The average Bonchev–Trinajstić information content (AvgIpc) is 2.41. The zero-order valence-electron chi connectivity index (χ0n) is 10.5. The third-order valence-electron chi connectivity index (χ3n) is 3.05. The molecule has 1 aromatic rings. The number of ether oxygens (including phenoxy) is 2. The molecule has 19 heavy (non-hydrogen) atoms. The van der Waals surface area contributed by atoms with Gasteiger partial charge in [-0.2, -0.15) is 0 Å². The molecule has 2 rings (SSSR count). The van der Waals surface area contributed by atoms with Crippen LogP contribution in [0.3, 0.4) is 0 Å². The molecular formula is C12H15FN2O4. The molecule has 0 bridgehead atoms. The molecule has 0 atom stereocenters. The number of nitrogens with zero attached hydrogens (tertiary/aromatic N) is 1. The molecule has 0 radical (unpaired) electrons. The van der Waals surface area contributed by atoms with Crippen molar-refractivity contribution in [2.45, 2.75) is 18.9 Å². The van der Waals surface area contributed by atoms with Gasteiger partial charge in [-0.15, -0.1) is 0 Å². The van der Waals surface area contributed by atoms with Gasteiger partial charge in [0.1, 0.15) is 0 Å². The van der Waals surface area contributed by atoms with Crippen molar-refractivity contribution < 1.29 is 18.8 Å². The summed E-state index contributed by atoms with van der Waals surface area (Å²) >= 11 is 0. The van der Waals surface area contributed by atoms with Crippen LogP contribution in [0.1, 0.15) is 12.8 Å². The molecule has 1 heterocycles. The first-order valence-electron chi connectivity index (χ1n) is 5.98. The van der Waals surface area contributed by atoms with Crippen LogP contribution < -0.4 is 10.1 Å². The van der Waals surface area contributed by atoms with Crippen LogP contribution >= 0.6 is 0 Å². The number of nitrogens with one attached hydrogen (secondary N) is 1. The van der Waals surface area contributed by atoms with E-state index in [-0.39, 0.29) is 23.2 Å². The number of nitro benzene ring substituents is 1. The molecule has 0 spiro atoms. The van der Waals surface area contributed by atoms with Gasteiger partial charge in [-0.1, -0.05) is 0 Å². The summed E-state index contributed by atoms with van der Waals surface area (Å²) in [6.07, 6.45) is 1.55. The van der Waals surface area contributed by atoms with E-state index in [2.05, 4.69) is 5.32 Å². The van der Waals surface area contributed by atoms with Crippen LogP contribution in [0.2, 0.25) is 0 Å². The van der Waals surface area contributed by atoms with Gasteiger partial charge in [0.2, 0.25) is 0 Å². The van der Waals surface area contributed by atoms with E-state index in [1.165, 1.54) is 13.2 Å². The normalized spacial score (nSPS) is 16.1. The molecule has 6 nitrogen and oxygen atoms in total. The fraction of sp³-hybridized carbons (Fsp3) is 0.500. The van der Waals surface area contributed by atoms with Gasteiger partial charge in [-0.25, -0.2) is 4.39 Å². The van der Waals surface area contributed by atoms with Crippen molar-refractivity contribution in [3.05, 3.63) is 28.1 Å². The zero-order valence-corrected chi connectivity index (χ0v) is 10.5. The van der Waals surface area contributed by atoms with Crippen LogP contribution in [0, 0.1) is 15.9 Å². The van der Waals surface area contributed by atoms with Gasteiger partial charge in [0.15, 0.2) is 11.6 Å². The van der Waals surface area contributed by atoms with E-state index in [0.717, 1.165) is 18.9 Å². The molecule has 0 aliphatic carbocycles. The van der Waals surface area contributed by atoms with Gasteiger partial charge in [-0.05, 0) is 12.8 Å². The predicted molar refractivity (Wildman–Crippen MR) is 67.1 cm³/mol. The number of methoxy groups -OCH3 is 1. The van der Waals surface area contributed by atoms with Gasteiger partial charge < -0.3 is 14.8 Å². The van der Waals surface area contributed by atoms with E-state index in [1.807, 2.05) is 0 Å². The Labute approximate surface area is 109 Å². The topological polar surface area (TPSA) is 73.6 Å². The second kappa shape index (κ2) is 5.83. The smallest absolute Gasteiger partial charge is 0.313 e. The molecule has 1 saturated heterocycles. The van der Waals surface area contributed by atoms with Gasteiger partial charge in [0.05, 0.1) is 23.8 Å². The Hall–Kier alpha value is -1.89. The summed E-state index contributed by atoms with van der Waals surface area (Å²) in [6.45, 7) is 1.26. The fourth-order valence-corrected chi connectivity index (χ4v) is 2.02.